The van der Waals surface area contributed by atoms with Crippen molar-refractivity contribution in [2.24, 2.45) is 5.73 Å². The predicted octanol–water partition coefficient (Wildman–Crippen LogP) is -0.808. The van der Waals surface area contributed by atoms with Gasteiger partial charge in [0.1, 0.15) is 23.2 Å². The number of carbonyl (C=O) groups excluding carboxylic acids is 1. The molecule has 0 radical (unpaired) electrons. The number of carbonyl (C=O) groups is 3. The Balaban J connectivity index is 1.72. The molecule has 10 nitrogen and oxygen atoms in total. The van der Waals surface area contributed by atoms with Gasteiger partial charge in [-0.2, -0.15) is 0 Å². The van der Waals surface area contributed by atoms with Crippen LogP contribution < -0.4 is 15.1 Å². The summed E-state index contributed by atoms with van der Waals surface area (Å²) in [6.07, 6.45) is 0.0314. The van der Waals surface area contributed by atoms with E-state index in [1.165, 1.54) is 6.07 Å². The molecule has 0 aliphatic carbocycles. The highest BCUT2D eigenvalue weighted by Crippen LogP contribution is 2.37. The summed E-state index contributed by atoms with van der Waals surface area (Å²) in [5, 5.41) is 28.1. The van der Waals surface area contributed by atoms with E-state index in [1.807, 2.05) is 0 Å². The topological polar surface area (TPSA) is 160 Å². The lowest BCUT2D eigenvalue weighted by molar-refractivity contribution is -0.143. The minimum absolute atomic E-state index is 0.0915. The number of hydrogen-bond donors (Lipinski definition) is 4. The van der Waals surface area contributed by atoms with Crippen LogP contribution in [-0.4, -0.2) is 70.3 Å². The minimum atomic E-state index is -1.24. The van der Waals surface area contributed by atoms with Crippen LogP contribution in [0.15, 0.2) is 12.1 Å². The summed E-state index contributed by atoms with van der Waals surface area (Å²) >= 11 is 0. The zero-order chi connectivity index (χ0) is 19.7. The first kappa shape index (κ1) is 19.0. The fourth-order valence-corrected chi connectivity index (χ4v) is 3.27. The third-order valence-corrected chi connectivity index (χ3v) is 4.64. The van der Waals surface area contributed by atoms with Crippen molar-refractivity contribution in [2.75, 3.05) is 13.1 Å². The largest absolute Gasteiger partial charge is 0.535 e. The number of nitrogens with zero attached hydrogens (tertiary/aromatic N) is 1. The van der Waals surface area contributed by atoms with E-state index in [2.05, 4.69) is 0 Å². The number of ether oxygens (including phenoxy) is 1. The fourth-order valence-electron chi connectivity index (χ4n) is 3.27. The standard InChI is InChI=1S/C16H19BN2O8/c18-15(22)10(5-12(20)21)19-6-9(7-19)26-11-2-1-8-3-4-17(25)27-14(8)13(11)16(23)24/h1-2,9-10,25H,3-7H2,(H2,18,22)(H,20,21)(H,23,24). The van der Waals surface area contributed by atoms with Crippen molar-refractivity contribution in [3.8, 4) is 11.5 Å². The number of rotatable bonds is 7. The Kier molecular flexibility index (Phi) is 5.24. The van der Waals surface area contributed by atoms with Crippen LogP contribution in [0.1, 0.15) is 22.3 Å². The molecule has 1 amide bonds. The molecule has 0 aromatic heterocycles. The van der Waals surface area contributed by atoms with E-state index in [-0.39, 0.29) is 30.2 Å². The highest BCUT2D eigenvalue weighted by Gasteiger charge is 2.39. The molecule has 1 aromatic carbocycles. The number of aromatic carboxylic acids is 1. The molecule has 0 saturated carbocycles. The number of hydrogen-bond acceptors (Lipinski definition) is 7. The van der Waals surface area contributed by atoms with Crippen LogP contribution >= 0.6 is 0 Å². The zero-order valence-corrected chi connectivity index (χ0v) is 14.3. The van der Waals surface area contributed by atoms with Crippen molar-refractivity contribution in [2.45, 2.75) is 31.3 Å². The van der Waals surface area contributed by atoms with Gasteiger partial charge in [0.25, 0.3) is 0 Å². The van der Waals surface area contributed by atoms with Gasteiger partial charge in [0.05, 0.1) is 12.5 Å². The molecule has 1 saturated heterocycles. The van der Waals surface area contributed by atoms with Crippen molar-refractivity contribution < 1.29 is 39.0 Å². The Labute approximate surface area is 154 Å². The average Bonchev–Trinajstić information content (AvgIpc) is 2.54. The number of benzene rings is 1. The second-order valence-corrected chi connectivity index (χ2v) is 6.55. The van der Waals surface area contributed by atoms with E-state index < -0.39 is 43.5 Å². The van der Waals surface area contributed by atoms with Gasteiger partial charge in [-0.1, -0.05) is 6.07 Å². The number of primary amides is 1. The fraction of sp³-hybridized carbons (Fsp3) is 0.438. The van der Waals surface area contributed by atoms with E-state index in [4.69, 9.17) is 20.2 Å². The van der Waals surface area contributed by atoms with Crippen molar-refractivity contribution >= 4 is 25.0 Å². The first-order chi connectivity index (χ1) is 12.8. The highest BCUT2D eigenvalue weighted by molar-refractivity contribution is 6.44. The number of carboxylic acids is 2. The van der Waals surface area contributed by atoms with Gasteiger partial charge in [-0.05, 0) is 24.4 Å². The lowest BCUT2D eigenvalue weighted by Crippen LogP contribution is -2.61. The van der Waals surface area contributed by atoms with Crippen LogP contribution in [0.4, 0.5) is 0 Å². The van der Waals surface area contributed by atoms with Crippen LogP contribution in [0.5, 0.6) is 11.5 Å². The highest BCUT2D eigenvalue weighted by atomic mass is 16.5. The van der Waals surface area contributed by atoms with Gasteiger partial charge in [-0.3, -0.25) is 14.5 Å². The number of likely N-dealkylation sites (tertiary alicyclic amines) is 1. The SMILES string of the molecule is NC(=O)C(CC(=O)O)N1CC(Oc2ccc3c(c2C(=O)O)OB(O)CC3)C1. The maximum absolute atomic E-state index is 11.7. The van der Waals surface area contributed by atoms with Crippen molar-refractivity contribution in [3.05, 3.63) is 23.3 Å². The molecule has 2 heterocycles. The van der Waals surface area contributed by atoms with Gasteiger partial charge in [0.2, 0.25) is 5.91 Å². The molecular weight excluding hydrogens is 359 g/mol. The van der Waals surface area contributed by atoms with E-state index in [0.717, 1.165) is 0 Å². The number of amides is 1. The molecule has 5 N–H and O–H groups in total. The van der Waals surface area contributed by atoms with Crippen molar-refractivity contribution in [1.82, 2.24) is 4.90 Å². The molecule has 1 atom stereocenters. The second kappa shape index (κ2) is 7.45. The summed E-state index contributed by atoms with van der Waals surface area (Å²) in [7, 11) is -1.07. The molecule has 0 spiro atoms. The van der Waals surface area contributed by atoms with Crippen LogP contribution in [0.25, 0.3) is 0 Å². The third kappa shape index (κ3) is 3.98. The van der Waals surface area contributed by atoms with E-state index in [1.54, 1.807) is 11.0 Å². The van der Waals surface area contributed by atoms with Gasteiger partial charge in [-0.15, -0.1) is 0 Å². The number of aliphatic carboxylic acids is 1. The van der Waals surface area contributed by atoms with Crippen LogP contribution in [-0.2, 0) is 16.0 Å². The molecule has 27 heavy (non-hydrogen) atoms. The Morgan fingerprint density at radius 3 is 2.63 bits per heavy atom. The first-order valence-electron chi connectivity index (χ1n) is 8.42. The van der Waals surface area contributed by atoms with Crippen LogP contribution in [0.3, 0.4) is 0 Å². The van der Waals surface area contributed by atoms with E-state index >= 15 is 0 Å². The predicted molar refractivity (Wildman–Crippen MR) is 91.7 cm³/mol. The molecule has 2 aliphatic rings. The van der Waals surface area contributed by atoms with Crippen LogP contribution in [0.2, 0.25) is 6.32 Å². The maximum atomic E-state index is 11.7. The summed E-state index contributed by atoms with van der Waals surface area (Å²) in [5.74, 6) is -2.93. The zero-order valence-electron chi connectivity index (χ0n) is 14.3. The third-order valence-electron chi connectivity index (χ3n) is 4.64. The average molecular weight is 378 g/mol. The number of fused-ring (bicyclic) bond motifs is 1. The second-order valence-electron chi connectivity index (χ2n) is 6.55. The normalized spacial score (nSPS) is 18.0. The summed E-state index contributed by atoms with van der Waals surface area (Å²) in [5.41, 5.74) is 5.76. The number of aryl methyl sites for hydroxylation is 1. The maximum Gasteiger partial charge on any atom is 0.522 e. The molecule has 11 heteroatoms. The van der Waals surface area contributed by atoms with Crippen molar-refractivity contribution in [1.29, 1.82) is 0 Å². The molecular formula is C16H19BN2O8. The van der Waals surface area contributed by atoms with E-state index in [9.17, 15) is 24.5 Å². The summed E-state index contributed by atoms with van der Waals surface area (Å²) in [6.45, 7) is 0.473. The number of carboxylic acid groups (broad SMARTS) is 2. The Morgan fingerprint density at radius 1 is 1.33 bits per heavy atom. The van der Waals surface area contributed by atoms with Crippen molar-refractivity contribution in [3.63, 3.8) is 0 Å². The van der Waals surface area contributed by atoms with Crippen LogP contribution in [0, 0.1) is 0 Å². The lowest BCUT2D eigenvalue weighted by atomic mass is 9.78. The van der Waals surface area contributed by atoms with Gasteiger partial charge in [0, 0.05) is 13.1 Å². The molecule has 1 aromatic rings. The Hall–Kier alpha value is -2.79. The lowest BCUT2D eigenvalue weighted by Gasteiger charge is -2.42. The quantitative estimate of drug-likeness (QED) is 0.445. The first-order valence-corrected chi connectivity index (χ1v) is 8.42. The molecule has 1 unspecified atom stereocenters. The summed E-state index contributed by atoms with van der Waals surface area (Å²) in [4.78, 5) is 35.5. The summed E-state index contributed by atoms with van der Waals surface area (Å²) in [6, 6.07) is 2.29. The smallest absolute Gasteiger partial charge is 0.522 e. The molecule has 0 bridgehead atoms. The van der Waals surface area contributed by atoms with E-state index in [0.29, 0.717) is 18.3 Å². The Morgan fingerprint density at radius 2 is 2.04 bits per heavy atom. The van der Waals surface area contributed by atoms with Gasteiger partial charge in [-0.25, -0.2) is 4.79 Å². The molecule has 3 rings (SSSR count). The van der Waals surface area contributed by atoms with Gasteiger partial charge >= 0.3 is 19.1 Å². The minimum Gasteiger partial charge on any atom is -0.535 e. The Bertz CT molecular complexity index is 780. The summed E-state index contributed by atoms with van der Waals surface area (Å²) < 4.78 is 11.0. The van der Waals surface area contributed by atoms with Gasteiger partial charge in [0.15, 0.2) is 0 Å². The molecule has 1 fully saturated rings. The van der Waals surface area contributed by atoms with Gasteiger partial charge < -0.3 is 30.4 Å². The molecule has 2 aliphatic heterocycles. The number of nitrogens with two attached hydrogens (primary N) is 1. The molecule has 144 valence electrons. The monoisotopic (exact) mass is 378 g/mol.